The van der Waals surface area contributed by atoms with Crippen molar-refractivity contribution in [1.82, 2.24) is 14.9 Å². The van der Waals surface area contributed by atoms with Crippen molar-refractivity contribution in [2.75, 3.05) is 18.0 Å². The molecule has 2 fully saturated rings. The molecule has 0 spiro atoms. The largest absolute Gasteiger partial charge is 0.347 e. The minimum absolute atomic E-state index is 0.0485. The van der Waals surface area contributed by atoms with E-state index in [1.807, 2.05) is 13.8 Å². The molecule has 110 valence electrons. The highest BCUT2D eigenvalue weighted by Crippen LogP contribution is 2.30. The molecule has 0 aromatic carbocycles. The molecule has 1 aliphatic carbocycles. The Morgan fingerprint density at radius 2 is 2.25 bits per heavy atom. The lowest BCUT2D eigenvalue weighted by Crippen LogP contribution is -2.42. The Labute approximate surface area is 120 Å². The molecular formula is C15H24N4O. The number of rotatable bonds is 5. The zero-order valence-electron chi connectivity index (χ0n) is 12.4. The molecule has 1 unspecified atom stereocenters. The molecule has 5 nitrogen and oxygen atoms in total. The van der Waals surface area contributed by atoms with E-state index in [-0.39, 0.29) is 11.6 Å². The first-order valence-corrected chi connectivity index (χ1v) is 7.74. The van der Waals surface area contributed by atoms with Crippen molar-refractivity contribution in [3.63, 3.8) is 0 Å². The minimum Gasteiger partial charge on any atom is -0.347 e. The molecule has 20 heavy (non-hydrogen) atoms. The van der Waals surface area contributed by atoms with Gasteiger partial charge in [0.2, 0.25) is 0 Å². The van der Waals surface area contributed by atoms with Gasteiger partial charge in [0, 0.05) is 37.1 Å². The first-order valence-electron chi connectivity index (χ1n) is 7.74. The topological polar surface area (TPSA) is 50.2 Å². The summed E-state index contributed by atoms with van der Waals surface area (Å²) >= 11 is 0. The highest BCUT2D eigenvalue weighted by atomic mass is 16.1. The SMILES string of the molecule is CC(C)n1ccnc(N(CC2CCCN2)C2CC2)c1=O. The van der Waals surface area contributed by atoms with Crippen LogP contribution in [0, 0.1) is 0 Å². The van der Waals surface area contributed by atoms with E-state index >= 15 is 0 Å². The maximum atomic E-state index is 12.6. The van der Waals surface area contributed by atoms with Crippen LogP contribution < -0.4 is 15.8 Å². The third kappa shape index (κ3) is 2.73. The molecule has 1 aromatic heterocycles. The van der Waals surface area contributed by atoms with Crippen LogP contribution in [0.4, 0.5) is 5.82 Å². The van der Waals surface area contributed by atoms with Crippen molar-refractivity contribution in [2.45, 2.75) is 57.7 Å². The molecular weight excluding hydrogens is 252 g/mol. The van der Waals surface area contributed by atoms with Crippen LogP contribution in [0.15, 0.2) is 17.2 Å². The van der Waals surface area contributed by atoms with Gasteiger partial charge in [-0.2, -0.15) is 0 Å². The number of aromatic nitrogens is 2. The molecule has 1 aromatic rings. The molecule has 1 saturated heterocycles. The van der Waals surface area contributed by atoms with Crippen LogP contribution in [0.5, 0.6) is 0 Å². The Bertz CT molecular complexity index is 515. The van der Waals surface area contributed by atoms with Crippen LogP contribution in [-0.2, 0) is 0 Å². The van der Waals surface area contributed by atoms with Gasteiger partial charge in [0.25, 0.3) is 5.56 Å². The van der Waals surface area contributed by atoms with E-state index in [9.17, 15) is 4.79 Å². The zero-order chi connectivity index (χ0) is 14.1. The summed E-state index contributed by atoms with van der Waals surface area (Å²) in [5.74, 6) is 0.636. The van der Waals surface area contributed by atoms with Gasteiger partial charge in [-0.3, -0.25) is 4.79 Å². The van der Waals surface area contributed by atoms with Crippen LogP contribution in [0.3, 0.4) is 0 Å². The summed E-state index contributed by atoms with van der Waals surface area (Å²) in [5, 5.41) is 3.52. The Balaban J connectivity index is 1.87. The molecule has 1 aliphatic heterocycles. The second kappa shape index (κ2) is 5.56. The van der Waals surface area contributed by atoms with Gasteiger partial charge >= 0.3 is 0 Å². The van der Waals surface area contributed by atoms with Gasteiger partial charge in [0.1, 0.15) is 0 Å². The molecule has 2 aliphatic rings. The lowest BCUT2D eigenvalue weighted by atomic mass is 10.2. The normalized spacial score (nSPS) is 22.4. The number of nitrogens with one attached hydrogen (secondary N) is 1. The lowest BCUT2D eigenvalue weighted by Gasteiger charge is -2.27. The fraction of sp³-hybridized carbons (Fsp3) is 0.733. The van der Waals surface area contributed by atoms with Crippen LogP contribution in [0.1, 0.15) is 45.6 Å². The van der Waals surface area contributed by atoms with Crippen LogP contribution in [-0.4, -0.2) is 34.7 Å². The van der Waals surface area contributed by atoms with Crippen molar-refractivity contribution in [3.8, 4) is 0 Å². The third-order valence-electron chi connectivity index (χ3n) is 4.25. The van der Waals surface area contributed by atoms with Crippen molar-refractivity contribution in [3.05, 3.63) is 22.7 Å². The van der Waals surface area contributed by atoms with Crippen molar-refractivity contribution in [1.29, 1.82) is 0 Å². The first-order chi connectivity index (χ1) is 9.66. The highest BCUT2D eigenvalue weighted by Gasteiger charge is 2.33. The van der Waals surface area contributed by atoms with Crippen LogP contribution in [0.2, 0.25) is 0 Å². The number of hydrogen-bond acceptors (Lipinski definition) is 4. The van der Waals surface area contributed by atoms with Gasteiger partial charge in [-0.15, -0.1) is 0 Å². The molecule has 1 N–H and O–H groups in total. The van der Waals surface area contributed by atoms with Gasteiger partial charge in [0.15, 0.2) is 5.82 Å². The molecule has 2 heterocycles. The zero-order valence-corrected chi connectivity index (χ0v) is 12.4. The Morgan fingerprint density at radius 3 is 2.85 bits per heavy atom. The second-order valence-corrected chi connectivity index (χ2v) is 6.23. The summed E-state index contributed by atoms with van der Waals surface area (Å²) in [5.41, 5.74) is 0.0485. The van der Waals surface area contributed by atoms with E-state index in [0.717, 1.165) is 13.1 Å². The summed E-state index contributed by atoms with van der Waals surface area (Å²) in [7, 11) is 0. The Morgan fingerprint density at radius 1 is 1.45 bits per heavy atom. The third-order valence-corrected chi connectivity index (χ3v) is 4.25. The van der Waals surface area contributed by atoms with Gasteiger partial charge in [-0.1, -0.05) is 0 Å². The average Bonchev–Trinajstić information content (AvgIpc) is 3.14. The van der Waals surface area contributed by atoms with Crippen molar-refractivity contribution in [2.24, 2.45) is 0 Å². The smallest absolute Gasteiger partial charge is 0.293 e. The molecule has 0 radical (unpaired) electrons. The Kier molecular flexibility index (Phi) is 3.78. The van der Waals surface area contributed by atoms with E-state index in [0.29, 0.717) is 17.9 Å². The van der Waals surface area contributed by atoms with E-state index in [1.165, 1.54) is 25.7 Å². The van der Waals surface area contributed by atoms with E-state index < -0.39 is 0 Å². The molecule has 1 saturated carbocycles. The van der Waals surface area contributed by atoms with Crippen molar-refractivity contribution >= 4 is 5.82 Å². The Hall–Kier alpha value is -1.36. The predicted molar refractivity (Wildman–Crippen MR) is 80.3 cm³/mol. The first kappa shape index (κ1) is 13.6. The standard InChI is InChI=1S/C15H24N4O/c1-11(2)18-9-8-17-14(15(18)20)19(13-5-6-13)10-12-4-3-7-16-12/h8-9,11-13,16H,3-7,10H2,1-2H3. The average molecular weight is 276 g/mol. The molecule has 0 amide bonds. The fourth-order valence-electron chi connectivity index (χ4n) is 2.96. The van der Waals surface area contributed by atoms with E-state index in [2.05, 4.69) is 15.2 Å². The maximum Gasteiger partial charge on any atom is 0.293 e. The lowest BCUT2D eigenvalue weighted by molar-refractivity contribution is 0.552. The maximum absolute atomic E-state index is 12.6. The number of nitrogens with zero attached hydrogens (tertiary/aromatic N) is 3. The van der Waals surface area contributed by atoms with Gasteiger partial charge in [0.05, 0.1) is 0 Å². The monoisotopic (exact) mass is 276 g/mol. The quantitative estimate of drug-likeness (QED) is 0.886. The fourth-order valence-corrected chi connectivity index (χ4v) is 2.96. The van der Waals surface area contributed by atoms with E-state index in [1.54, 1.807) is 17.0 Å². The minimum atomic E-state index is 0.0485. The molecule has 5 heteroatoms. The molecule has 0 bridgehead atoms. The van der Waals surface area contributed by atoms with E-state index in [4.69, 9.17) is 0 Å². The summed E-state index contributed by atoms with van der Waals surface area (Å²) < 4.78 is 1.78. The second-order valence-electron chi connectivity index (χ2n) is 6.23. The van der Waals surface area contributed by atoms with Crippen LogP contribution >= 0.6 is 0 Å². The molecule has 1 atom stereocenters. The van der Waals surface area contributed by atoms with Crippen LogP contribution in [0.25, 0.3) is 0 Å². The van der Waals surface area contributed by atoms with Crippen molar-refractivity contribution < 1.29 is 0 Å². The summed E-state index contributed by atoms with van der Waals surface area (Å²) in [6, 6.07) is 1.19. The predicted octanol–water partition coefficient (Wildman–Crippen LogP) is 1.54. The van der Waals surface area contributed by atoms with Gasteiger partial charge in [-0.25, -0.2) is 4.98 Å². The highest BCUT2D eigenvalue weighted by molar-refractivity contribution is 5.39. The summed E-state index contributed by atoms with van der Waals surface area (Å²) in [6.45, 7) is 6.08. The summed E-state index contributed by atoms with van der Waals surface area (Å²) in [4.78, 5) is 19.2. The number of anilines is 1. The summed E-state index contributed by atoms with van der Waals surface area (Å²) in [6.07, 6.45) is 8.36. The van der Waals surface area contributed by atoms with Gasteiger partial charge in [-0.05, 0) is 46.1 Å². The molecule has 3 rings (SSSR count). The van der Waals surface area contributed by atoms with Gasteiger partial charge < -0.3 is 14.8 Å². The number of hydrogen-bond donors (Lipinski definition) is 1.